The molecule has 64 valence electrons. The summed E-state index contributed by atoms with van der Waals surface area (Å²) in [6.45, 7) is 3.44. The number of nitrogens with zero attached hydrogens (tertiary/aromatic N) is 1. The number of nitrogens with two attached hydrogens (primary N) is 1. The fraction of sp³-hybridized carbons (Fsp3) is 0.875. The first-order valence-electron chi connectivity index (χ1n) is 4.26. The number of amides is 1. The van der Waals surface area contributed by atoms with Gasteiger partial charge in [0.1, 0.15) is 0 Å². The van der Waals surface area contributed by atoms with Crippen molar-refractivity contribution in [3.63, 3.8) is 0 Å². The second kappa shape index (κ2) is 3.72. The summed E-state index contributed by atoms with van der Waals surface area (Å²) in [5.41, 5.74) is 5.10. The van der Waals surface area contributed by atoms with Crippen molar-refractivity contribution in [2.24, 2.45) is 5.73 Å². The second-order valence-electron chi connectivity index (χ2n) is 3.11. The fourth-order valence-corrected chi connectivity index (χ4v) is 1.45. The van der Waals surface area contributed by atoms with E-state index in [0.29, 0.717) is 12.6 Å². The Labute approximate surface area is 67.5 Å². The number of primary amides is 1. The van der Waals surface area contributed by atoms with Gasteiger partial charge < -0.3 is 5.73 Å². The third-order valence-corrected chi connectivity index (χ3v) is 2.36. The SMILES string of the molecule is CCN(CC(N)=O)C1CCC1. The van der Waals surface area contributed by atoms with E-state index in [-0.39, 0.29) is 5.91 Å². The van der Waals surface area contributed by atoms with Crippen LogP contribution in [0.1, 0.15) is 26.2 Å². The quantitative estimate of drug-likeness (QED) is 0.638. The second-order valence-corrected chi connectivity index (χ2v) is 3.11. The summed E-state index contributed by atoms with van der Waals surface area (Å²) in [7, 11) is 0. The lowest BCUT2D eigenvalue weighted by molar-refractivity contribution is -0.120. The number of hydrogen-bond acceptors (Lipinski definition) is 2. The Bertz CT molecular complexity index is 143. The van der Waals surface area contributed by atoms with E-state index in [4.69, 9.17) is 5.73 Å². The van der Waals surface area contributed by atoms with Crippen LogP contribution in [0.3, 0.4) is 0 Å². The van der Waals surface area contributed by atoms with Gasteiger partial charge in [-0.2, -0.15) is 0 Å². The molecular formula is C8H16N2O. The normalized spacial score (nSPS) is 18.4. The van der Waals surface area contributed by atoms with Crippen LogP contribution in [0.4, 0.5) is 0 Å². The molecule has 0 heterocycles. The number of hydrogen-bond donors (Lipinski definition) is 1. The first kappa shape index (κ1) is 8.53. The molecule has 3 nitrogen and oxygen atoms in total. The van der Waals surface area contributed by atoms with Crippen LogP contribution >= 0.6 is 0 Å². The van der Waals surface area contributed by atoms with E-state index < -0.39 is 0 Å². The van der Waals surface area contributed by atoms with Gasteiger partial charge in [0.2, 0.25) is 5.91 Å². The van der Waals surface area contributed by atoms with Gasteiger partial charge in [-0.15, -0.1) is 0 Å². The van der Waals surface area contributed by atoms with Crippen LogP contribution in [-0.2, 0) is 4.79 Å². The van der Waals surface area contributed by atoms with Crippen LogP contribution in [0.2, 0.25) is 0 Å². The van der Waals surface area contributed by atoms with Crippen LogP contribution < -0.4 is 5.73 Å². The molecule has 0 spiro atoms. The van der Waals surface area contributed by atoms with Gasteiger partial charge in [0.05, 0.1) is 6.54 Å². The van der Waals surface area contributed by atoms with E-state index in [1.54, 1.807) is 0 Å². The minimum atomic E-state index is -0.209. The molecule has 0 atom stereocenters. The maximum Gasteiger partial charge on any atom is 0.231 e. The van der Waals surface area contributed by atoms with E-state index in [1.807, 2.05) is 0 Å². The molecule has 1 fully saturated rings. The molecule has 0 aromatic heterocycles. The molecule has 0 aliphatic heterocycles. The summed E-state index contributed by atoms with van der Waals surface area (Å²) in [6.07, 6.45) is 3.78. The zero-order valence-electron chi connectivity index (χ0n) is 7.05. The van der Waals surface area contributed by atoms with Crippen LogP contribution in [0, 0.1) is 0 Å². The van der Waals surface area contributed by atoms with Gasteiger partial charge in [-0.1, -0.05) is 13.3 Å². The molecule has 0 bridgehead atoms. The van der Waals surface area contributed by atoms with Gasteiger partial charge in [-0.3, -0.25) is 9.69 Å². The van der Waals surface area contributed by atoms with Crippen molar-refractivity contribution in [3.8, 4) is 0 Å². The Morgan fingerprint density at radius 2 is 2.27 bits per heavy atom. The third kappa shape index (κ3) is 2.19. The molecule has 1 saturated carbocycles. The first-order valence-corrected chi connectivity index (χ1v) is 4.26. The van der Waals surface area contributed by atoms with Crippen molar-refractivity contribution >= 4 is 5.91 Å². The predicted octanol–water partition coefficient (Wildman–Crippen LogP) is 0.346. The summed E-state index contributed by atoms with van der Waals surface area (Å²) in [6, 6.07) is 0.632. The third-order valence-electron chi connectivity index (χ3n) is 2.36. The molecule has 1 aliphatic carbocycles. The lowest BCUT2D eigenvalue weighted by atomic mass is 9.91. The standard InChI is InChI=1S/C8H16N2O/c1-2-10(6-8(9)11)7-4-3-5-7/h7H,2-6H2,1H3,(H2,9,11). The Morgan fingerprint density at radius 1 is 1.64 bits per heavy atom. The summed E-state index contributed by atoms with van der Waals surface area (Å²) in [5, 5.41) is 0. The Balaban J connectivity index is 2.29. The van der Waals surface area contributed by atoms with Crippen LogP contribution in [-0.4, -0.2) is 29.9 Å². The van der Waals surface area contributed by atoms with Gasteiger partial charge in [0, 0.05) is 6.04 Å². The molecular weight excluding hydrogens is 140 g/mol. The maximum absolute atomic E-state index is 10.6. The Kier molecular flexibility index (Phi) is 2.88. The summed E-state index contributed by atoms with van der Waals surface area (Å²) < 4.78 is 0. The molecule has 1 rings (SSSR count). The van der Waals surface area contributed by atoms with Crippen LogP contribution in [0.15, 0.2) is 0 Å². The zero-order chi connectivity index (χ0) is 8.27. The summed E-state index contributed by atoms with van der Waals surface area (Å²) >= 11 is 0. The van der Waals surface area contributed by atoms with E-state index in [0.717, 1.165) is 6.54 Å². The zero-order valence-corrected chi connectivity index (χ0v) is 7.05. The van der Waals surface area contributed by atoms with Crippen molar-refractivity contribution in [2.75, 3.05) is 13.1 Å². The van der Waals surface area contributed by atoms with Crippen molar-refractivity contribution in [1.82, 2.24) is 4.90 Å². The average molecular weight is 156 g/mol. The number of carbonyl (C=O) groups is 1. The lowest BCUT2D eigenvalue weighted by Crippen LogP contribution is -2.44. The molecule has 0 aromatic rings. The molecule has 0 radical (unpaired) electrons. The molecule has 0 saturated heterocycles. The lowest BCUT2D eigenvalue weighted by Gasteiger charge is -2.35. The topological polar surface area (TPSA) is 46.3 Å². The van der Waals surface area contributed by atoms with Gasteiger partial charge >= 0.3 is 0 Å². The minimum absolute atomic E-state index is 0.209. The Hall–Kier alpha value is -0.570. The van der Waals surface area contributed by atoms with Crippen LogP contribution in [0.5, 0.6) is 0 Å². The predicted molar refractivity (Wildman–Crippen MR) is 44.1 cm³/mol. The van der Waals surface area contributed by atoms with Gasteiger partial charge in [-0.05, 0) is 19.4 Å². The molecule has 3 heteroatoms. The van der Waals surface area contributed by atoms with Crippen molar-refractivity contribution in [3.05, 3.63) is 0 Å². The Morgan fingerprint density at radius 3 is 2.55 bits per heavy atom. The van der Waals surface area contributed by atoms with E-state index in [9.17, 15) is 4.79 Å². The summed E-state index contributed by atoms with van der Waals surface area (Å²) in [4.78, 5) is 12.8. The molecule has 2 N–H and O–H groups in total. The average Bonchev–Trinajstić information content (AvgIpc) is 1.81. The van der Waals surface area contributed by atoms with E-state index in [2.05, 4.69) is 11.8 Å². The molecule has 0 aromatic carbocycles. The van der Waals surface area contributed by atoms with Crippen molar-refractivity contribution in [2.45, 2.75) is 32.2 Å². The largest absolute Gasteiger partial charge is 0.369 e. The summed E-state index contributed by atoms with van der Waals surface area (Å²) in [5.74, 6) is -0.209. The minimum Gasteiger partial charge on any atom is -0.369 e. The highest BCUT2D eigenvalue weighted by Crippen LogP contribution is 2.23. The number of carbonyl (C=O) groups excluding carboxylic acids is 1. The monoisotopic (exact) mass is 156 g/mol. The van der Waals surface area contributed by atoms with Gasteiger partial charge in [0.25, 0.3) is 0 Å². The van der Waals surface area contributed by atoms with E-state index >= 15 is 0 Å². The van der Waals surface area contributed by atoms with Crippen LogP contribution in [0.25, 0.3) is 0 Å². The highest BCUT2D eigenvalue weighted by Gasteiger charge is 2.24. The first-order chi connectivity index (χ1) is 5.24. The molecule has 1 amide bonds. The van der Waals surface area contributed by atoms with Gasteiger partial charge in [-0.25, -0.2) is 0 Å². The fourth-order valence-electron chi connectivity index (χ4n) is 1.45. The number of likely N-dealkylation sites (N-methyl/N-ethyl adjacent to an activating group) is 1. The van der Waals surface area contributed by atoms with E-state index in [1.165, 1.54) is 19.3 Å². The highest BCUT2D eigenvalue weighted by molar-refractivity contribution is 5.75. The molecule has 0 unspecified atom stereocenters. The molecule has 11 heavy (non-hydrogen) atoms. The maximum atomic E-state index is 10.6. The highest BCUT2D eigenvalue weighted by atomic mass is 16.1. The molecule has 1 aliphatic rings. The van der Waals surface area contributed by atoms with Gasteiger partial charge in [0.15, 0.2) is 0 Å². The van der Waals surface area contributed by atoms with Crippen molar-refractivity contribution in [1.29, 1.82) is 0 Å². The smallest absolute Gasteiger partial charge is 0.231 e. The number of rotatable bonds is 4. The van der Waals surface area contributed by atoms with Crippen molar-refractivity contribution < 1.29 is 4.79 Å².